The number of rotatable bonds is 5. The van der Waals surface area contributed by atoms with Crippen molar-refractivity contribution >= 4 is 55.2 Å². The number of anilines is 1. The number of nitrogens with one attached hydrogen (secondary N) is 1. The van der Waals surface area contributed by atoms with E-state index in [0.717, 1.165) is 37.6 Å². The van der Waals surface area contributed by atoms with E-state index in [0.29, 0.717) is 5.95 Å². The number of hydrogen-bond donors (Lipinski definition) is 1. The standard InChI is InChI=1S/C15H14BrN3S2/c1-2-8-17-15-18-13-10(7-9-20-13)14(19-15)21-12-6-4-3-5-11(12)16/h3-7,9H,2,8H2,1H3,(H,17,18,19). The van der Waals surface area contributed by atoms with Crippen LogP contribution in [-0.4, -0.2) is 16.5 Å². The van der Waals surface area contributed by atoms with Crippen molar-refractivity contribution in [3.05, 3.63) is 40.2 Å². The van der Waals surface area contributed by atoms with E-state index >= 15 is 0 Å². The van der Waals surface area contributed by atoms with Gasteiger partial charge in [-0.2, -0.15) is 0 Å². The van der Waals surface area contributed by atoms with Crippen molar-refractivity contribution in [3.63, 3.8) is 0 Å². The summed E-state index contributed by atoms with van der Waals surface area (Å²) in [5, 5.41) is 7.45. The molecule has 2 heterocycles. The molecule has 2 aromatic heterocycles. The Hall–Kier alpha value is -1.11. The number of thiophene rings is 1. The molecule has 3 nitrogen and oxygen atoms in total. The second-order valence-electron chi connectivity index (χ2n) is 4.45. The molecule has 1 N–H and O–H groups in total. The fraction of sp³-hybridized carbons (Fsp3) is 0.200. The van der Waals surface area contributed by atoms with Crippen molar-refractivity contribution in [2.24, 2.45) is 0 Å². The molecule has 0 aliphatic carbocycles. The number of fused-ring (bicyclic) bond motifs is 1. The van der Waals surface area contributed by atoms with Crippen LogP contribution in [0.5, 0.6) is 0 Å². The summed E-state index contributed by atoms with van der Waals surface area (Å²) in [6.07, 6.45) is 1.05. The summed E-state index contributed by atoms with van der Waals surface area (Å²) in [4.78, 5) is 11.4. The molecule has 0 spiro atoms. The molecule has 6 heteroatoms. The van der Waals surface area contributed by atoms with Gasteiger partial charge in [0.05, 0.1) is 0 Å². The summed E-state index contributed by atoms with van der Waals surface area (Å²) in [5.74, 6) is 0.710. The largest absolute Gasteiger partial charge is 0.354 e. The minimum absolute atomic E-state index is 0.710. The molecule has 0 saturated heterocycles. The first-order chi connectivity index (χ1) is 10.3. The molecular formula is C15H14BrN3S2. The second kappa shape index (κ2) is 6.77. The average Bonchev–Trinajstić information content (AvgIpc) is 2.96. The number of benzene rings is 1. The highest BCUT2D eigenvalue weighted by atomic mass is 79.9. The van der Waals surface area contributed by atoms with Gasteiger partial charge in [-0.05, 0) is 45.9 Å². The second-order valence-corrected chi connectivity index (χ2v) is 7.23. The molecule has 0 unspecified atom stereocenters. The topological polar surface area (TPSA) is 37.8 Å². The van der Waals surface area contributed by atoms with E-state index < -0.39 is 0 Å². The number of nitrogens with zero attached hydrogens (tertiary/aromatic N) is 2. The Labute approximate surface area is 140 Å². The van der Waals surface area contributed by atoms with Gasteiger partial charge < -0.3 is 5.32 Å². The highest BCUT2D eigenvalue weighted by molar-refractivity contribution is 9.10. The summed E-state index contributed by atoms with van der Waals surface area (Å²) in [7, 11) is 0. The highest BCUT2D eigenvalue weighted by Gasteiger charge is 2.11. The molecular weight excluding hydrogens is 366 g/mol. The molecule has 0 atom stereocenters. The minimum Gasteiger partial charge on any atom is -0.354 e. The quantitative estimate of drug-likeness (QED) is 0.599. The fourth-order valence-corrected chi connectivity index (χ4v) is 4.14. The van der Waals surface area contributed by atoms with Gasteiger partial charge in [0.1, 0.15) is 9.86 Å². The molecule has 0 amide bonds. The summed E-state index contributed by atoms with van der Waals surface area (Å²) in [5.41, 5.74) is 0. The van der Waals surface area contributed by atoms with Gasteiger partial charge in [-0.25, -0.2) is 9.97 Å². The van der Waals surface area contributed by atoms with Crippen LogP contribution in [0.3, 0.4) is 0 Å². The van der Waals surface area contributed by atoms with Gasteiger partial charge in [0.15, 0.2) is 0 Å². The van der Waals surface area contributed by atoms with Crippen molar-refractivity contribution < 1.29 is 0 Å². The molecule has 0 aliphatic heterocycles. The first kappa shape index (κ1) is 14.8. The van der Waals surface area contributed by atoms with Crippen molar-refractivity contribution in [1.29, 1.82) is 0 Å². The monoisotopic (exact) mass is 379 g/mol. The van der Waals surface area contributed by atoms with E-state index in [9.17, 15) is 0 Å². The van der Waals surface area contributed by atoms with E-state index in [-0.39, 0.29) is 0 Å². The van der Waals surface area contributed by atoms with Crippen molar-refractivity contribution in [2.45, 2.75) is 23.3 Å². The lowest BCUT2D eigenvalue weighted by molar-refractivity contribution is 0.947. The first-order valence-corrected chi connectivity index (χ1v) is 9.18. The maximum atomic E-state index is 4.67. The normalized spacial score (nSPS) is 11.0. The lowest BCUT2D eigenvalue weighted by atomic mass is 10.4. The summed E-state index contributed by atoms with van der Waals surface area (Å²) < 4.78 is 1.08. The average molecular weight is 380 g/mol. The van der Waals surface area contributed by atoms with Crippen LogP contribution < -0.4 is 5.32 Å². The van der Waals surface area contributed by atoms with Gasteiger partial charge >= 0.3 is 0 Å². The Kier molecular flexibility index (Phi) is 4.77. The minimum atomic E-state index is 0.710. The molecule has 0 bridgehead atoms. The van der Waals surface area contributed by atoms with Crippen LogP contribution in [0, 0.1) is 0 Å². The Morgan fingerprint density at radius 2 is 2.10 bits per heavy atom. The third kappa shape index (κ3) is 3.39. The first-order valence-electron chi connectivity index (χ1n) is 6.69. The lowest BCUT2D eigenvalue weighted by Crippen LogP contribution is -2.04. The number of hydrogen-bond acceptors (Lipinski definition) is 5. The van der Waals surface area contributed by atoms with Gasteiger partial charge in [0.2, 0.25) is 5.95 Å². The molecule has 3 rings (SSSR count). The third-order valence-electron chi connectivity index (χ3n) is 2.87. The van der Waals surface area contributed by atoms with Crippen LogP contribution >= 0.6 is 39.0 Å². The third-order valence-corrected chi connectivity index (χ3v) is 5.71. The van der Waals surface area contributed by atoms with E-state index in [1.165, 1.54) is 0 Å². The molecule has 0 saturated carbocycles. The molecule has 3 aromatic rings. The summed E-state index contributed by atoms with van der Waals surface area (Å²) in [6, 6.07) is 10.3. The maximum Gasteiger partial charge on any atom is 0.225 e. The molecule has 1 aromatic carbocycles. The number of halogens is 1. The molecule has 0 fully saturated rings. The van der Waals surface area contributed by atoms with E-state index in [1.807, 2.05) is 18.2 Å². The lowest BCUT2D eigenvalue weighted by Gasteiger charge is -2.08. The smallest absolute Gasteiger partial charge is 0.225 e. The van der Waals surface area contributed by atoms with Crippen molar-refractivity contribution in [2.75, 3.05) is 11.9 Å². The van der Waals surface area contributed by atoms with Crippen LogP contribution in [0.1, 0.15) is 13.3 Å². The van der Waals surface area contributed by atoms with Gasteiger partial charge in [-0.3, -0.25) is 0 Å². The fourth-order valence-electron chi connectivity index (χ4n) is 1.85. The highest BCUT2D eigenvalue weighted by Crippen LogP contribution is 2.37. The Bertz CT molecular complexity index is 758. The zero-order valence-electron chi connectivity index (χ0n) is 11.5. The molecule has 108 valence electrons. The van der Waals surface area contributed by atoms with Gasteiger partial charge in [0, 0.05) is 21.3 Å². The molecule has 0 aliphatic rings. The number of aromatic nitrogens is 2. The van der Waals surface area contributed by atoms with E-state index in [2.05, 4.69) is 55.7 Å². The van der Waals surface area contributed by atoms with Crippen LogP contribution in [0.25, 0.3) is 10.2 Å². The van der Waals surface area contributed by atoms with Crippen LogP contribution in [-0.2, 0) is 0 Å². The molecule has 0 radical (unpaired) electrons. The summed E-state index contributed by atoms with van der Waals surface area (Å²) in [6.45, 7) is 3.02. The summed E-state index contributed by atoms with van der Waals surface area (Å²) >= 11 is 6.90. The predicted molar refractivity (Wildman–Crippen MR) is 94.5 cm³/mol. The zero-order valence-corrected chi connectivity index (χ0v) is 14.7. The van der Waals surface area contributed by atoms with Crippen LogP contribution in [0.2, 0.25) is 0 Å². The Morgan fingerprint density at radius 1 is 1.24 bits per heavy atom. The van der Waals surface area contributed by atoms with Crippen LogP contribution in [0.4, 0.5) is 5.95 Å². The maximum absolute atomic E-state index is 4.67. The van der Waals surface area contributed by atoms with Crippen LogP contribution in [0.15, 0.2) is 50.1 Å². The van der Waals surface area contributed by atoms with E-state index in [1.54, 1.807) is 23.1 Å². The van der Waals surface area contributed by atoms with Gasteiger partial charge in [-0.15, -0.1) is 11.3 Å². The predicted octanol–water partition coefficient (Wildman–Crippen LogP) is 5.43. The van der Waals surface area contributed by atoms with Gasteiger partial charge in [-0.1, -0.05) is 30.8 Å². The molecule has 21 heavy (non-hydrogen) atoms. The Morgan fingerprint density at radius 3 is 2.90 bits per heavy atom. The van der Waals surface area contributed by atoms with Crippen molar-refractivity contribution in [3.8, 4) is 0 Å². The zero-order chi connectivity index (χ0) is 14.7. The van der Waals surface area contributed by atoms with Crippen molar-refractivity contribution in [1.82, 2.24) is 9.97 Å². The van der Waals surface area contributed by atoms with E-state index in [4.69, 9.17) is 0 Å². The van der Waals surface area contributed by atoms with Gasteiger partial charge in [0.25, 0.3) is 0 Å². The SMILES string of the molecule is CCCNc1nc(Sc2ccccc2Br)c2ccsc2n1. The Balaban J connectivity index is 2.00.